The van der Waals surface area contributed by atoms with Crippen molar-refractivity contribution in [3.63, 3.8) is 0 Å². The van der Waals surface area contributed by atoms with Gasteiger partial charge in [0.15, 0.2) is 11.5 Å². The average molecular weight is 428 g/mol. The second-order valence-electron chi connectivity index (χ2n) is 7.19. The van der Waals surface area contributed by atoms with Gasteiger partial charge < -0.3 is 29.6 Å². The van der Waals surface area contributed by atoms with Gasteiger partial charge in [-0.15, -0.1) is 0 Å². The van der Waals surface area contributed by atoms with Crippen molar-refractivity contribution in [2.75, 3.05) is 33.2 Å². The first-order valence-corrected chi connectivity index (χ1v) is 10.2. The van der Waals surface area contributed by atoms with E-state index in [1.807, 2.05) is 12.1 Å². The molecular weight excluding hydrogens is 400 g/mol. The number of carbonyl (C=O) groups excluding carboxylic acids is 2. The average Bonchev–Trinajstić information content (AvgIpc) is 3.30. The summed E-state index contributed by atoms with van der Waals surface area (Å²) >= 11 is 0. The fraction of sp³-hybridized carbons (Fsp3) is 0.391. The molecule has 2 aromatic rings. The quantitative estimate of drug-likeness (QED) is 0.636. The Labute approximate surface area is 181 Å². The largest absolute Gasteiger partial charge is 0.493 e. The number of amides is 2. The monoisotopic (exact) mass is 428 g/mol. The lowest BCUT2D eigenvalue weighted by molar-refractivity contribution is -0.115. The van der Waals surface area contributed by atoms with Gasteiger partial charge in [-0.1, -0.05) is 0 Å². The first-order chi connectivity index (χ1) is 15.0. The lowest BCUT2D eigenvalue weighted by Gasteiger charge is -2.14. The second kappa shape index (κ2) is 10.6. The first kappa shape index (κ1) is 22.3. The molecule has 1 aliphatic rings. The summed E-state index contributed by atoms with van der Waals surface area (Å²) in [6, 6.07) is 10.3. The molecule has 3 rings (SSSR count). The molecule has 0 radical (unpaired) electrons. The van der Waals surface area contributed by atoms with Crippen LogP contribution in [0.3, 0.4) is 0 Å². The molecule has 2 aromatic carbocycles. The van der Waals surface area contributed by atoms with Crippen molar-refractivity contribution in [2.45, 2.75) is 31.8 Å². The Hall–Kier alpha value is -3.42. The summed E-state index contributed by atoms with van der Waals surface area (Å²) in [5.41, 5.74) is 0.918. The fourth-order valence-electron chi connectivity index (χ4n) is 3.50. The van der Waals surface area contributed by atoms with Crippen LogP contribution in [-0.2, 0) is 4.79 Å². The number of hydrogen-bond donors (Lipinski definition) is 2. The minimum atomic E-state index is -0.435. The summed E-state index contributed by atoms with van der Waals surface area (Å²) in [6.07, 6.45) is 4.88. The van der Waals surface area contributed by atoms with Gasteiger partial charge in [0.2, 0.25) is 11.7 Å². The van der Waals surface area contributed by atoms with Crippen molar-refractivity contribution >= 4 is 17.5 Å². The number of anilines is 1. The molecule has 0 aliphatic heterocycles. The highest BCUT2D eigenvalue weighted by atomic mass is 16.5. The molecule has 0 heterocycles. The predicted molar refractivity (Wildman–Crippen MR) is 116 cm³/mol. The Morgan fingerprint density at radius 3 is 2.10 bits per heavy atom. The highest BCUT2D eigenvalue weighted by molar-refractivity contribution is 6.00. The molecule has 1 aliphatic carbocycles. The Morgan fingerprint density at radius 1 is 0.935 bits per heavy atom. The summed E-state index contributed by atoms with van der Waals surface area (Å²) in [5, 5.41) is 5.35. The van der Waals surface area contributed by atoms with E-state index in [2.05, 4.69) is 10.6 Å². The lowest BCUT2D eigenvalue weighted by Crippen LogP contribution is -2.32. The van der Waals surface area contributed by atoms with E-state index in [0.717, 1.165) is 18.6 Å². The van der Waals surface area contributed by atoms with Gasteiger partial charge in [0.05, 0.1) is 34.0 Å². The van der Waals surface area contributed by atoms with E-state index >= 15 is 0 Å². The van der Waals surface area contributed by atoms with Crippen molar-refractivity contribution in [3.8, 4) is 23.0 Å². The number of hydrogen-bond acceptors (Lipinski definition) is 6. The zero-order valence-corrected chi connectivity index (χ0v) is 18.0. The zero-order valence-electron chi connectivity index (χ0n) is 18.0. The van der Waals surface area contributed by atoms with Gasteiger partial charge in [-0.05, 0) is 62.1 Å². The molecule has 31 heavy (non-hydrogen) atoms. The van der Waals surface area contributed by atoms with Gasteiger partial charge in [0.1, 0.15) is 5.75 Å². The molecule has 0 saturated heterocycles. The maximum atomic E-state index is 12.5. The van der Waals surface area contributed by atoms with Crippen molar-refractivity contribution in [2.24, 2.45) is 0 Å². The van der Waals surface area contributed by atoms with E-state index in [0.29, 0.717) is 22.9 Å². The first-order valence-electron chi connectivity index (χ1n) is 10.2. The third-order valence-electron chi connectivity index (χ3n) is 5.08. The Morgan fingerprint density at radius 2 is 1.55 bits per heavy atom. The van der Waals surface area contributed by atoms with Crippen LogP contribution in [0, 0.1) is 0 Å². The van der Waals surface area contributed by atoms with Gasteiger partial charge in [0, 0.05) is 11.3 Å². The normalized spacial score (nSPS) is 13.4. The third kappa shape index (κ3) is 5.81. The summed E-state index contributed by atoms with van der Waals surface area (Å²) in [5.74, 6) is 1.12. The molecule has 2 N–H and O–H groups in total. The smallest absolute Gasteiger partial charge is 0.251 e. The number of ether oxygens (including phenoxy) is 4. The second-order valence-corrected chi connectivity index (χ2v) is 7.19. The molecular formula is C23H28N2O6. The van der Waals surface area contributed by atoms with Gasteiger partial charge >= 0.3 is 0 Å². The van der Waals surface area contributed by atoms with Crippen LogP contribution in [-0.4, -0.2) is 45.8 Å². The minimum absolute atomic E-state index is 0.185. The zero-order chi connectivity index (χ0) is 22.2. The van der Waals surface area contributed by atoms with Gasteiger partial charge in [0.25, 0.3) is 5.91 Å². The van der Waals surface area contributed by atoms with Crippen molar-refractivity contribution in [3.05, 3.63) is 42.0 Å². The van der Waals surface area contributed by atoms with Crippen molar-refractivity contribution < 1.29 is 28.5 Å². The van der Waals surface area contributed by atoms with Gasteiger partial charge in [-0.3, -0.25) is 9.59 Å². The molecule has 2 amide bonds. The van der Waals surface area contributed by atoms with Crippen LogP contribution in [0.4, 0.5) is 5.69 Å². The summed E-state index contributed by atoms with van der Waals surface area (Å²) in [7, 11) is 4.42. The van der Waals surface area contributed by atoms with E-state index in [-0.39, 0.29) is 24.1 Å². The number of rotatable bonds is 9. The molecule has 0 unspecified atom stereocenters. The van der Waals surface area contributed by atoms with Crippen LogP contribution in [0.1, 0.15) is 36.0 Å². The highest BCUT2D eigenvalue weighted by Crippen LogP contribution is 2.38. The number of benzene rings is 2. The number of methoxy groups -OCH3 is 3. The van der Waals surface area contributed by atoms with Crippen LogP contribution in [0.25, 0.3) is 0 Å². The standard InChI is InChI=1S/C23H28N2O6/c1-28-19-12-15(13-20(29-2)22(19)30-3)23(27)24-14-21(26)25-16-8-10-18(11-9-16)31-17-6-4-5-7-17/h8-13,17H,4-7,14H2,1-3H3,(H,24,27)(H,25,26). The van der Waals surface area contributed by atoms with E-state index in [9.17, 15) is 9.59 Å². The van der Waals surface area contributed by atoms with E-state index in [4.69, 9.17) is 18.9 Å². The molecule has 0 spiro atoms. The Bertz CT molecular complexity index is 882. The van der Waals surface area contributed by atoms with Crippen molar-refractivity contribution in [1.82, 2.24) is 5.32 Å². The fourth-order valence-corrected chi connectivity index (χ4v) is 3.50. The van der Waals surface area contributed by atoms with E-state index < -0.39 is 5.91 Å². The summed E-state index contributed by atoms with van der Waals surface area (Å²) in [6.45, 7) is -0.185. The SMILES string of the molecule is COc1cc(C(=O)NCC(=O)Nc2ccc(OC3CCCC3)cc2)cc(OC)c1OC. The Balaban J connectivity index is 1.53. The minimum Gasteiger partial charge on any atom is -0.493 e. The van der Waals surface area contributed by atoms with Gasteiger partial charge in [-0.2, -0.15) is 0 Å². The summed E-state index contributed by atoms with van der Waals surface area (Å²) in [4.78, 5) is 24.7. The lowest BCUT2D eigenvalue weighted by atomic mass is 10.1. The molecule has 1 saturated carbocycles. The molecule has 8 nitrogen and oxygen atoms in total. The van der Waals surface area contributed by atoms with Crippen LogP contribution >= 0.6 is 0 Å². The molecule has 0 atom stereocenters. The molecule has 0 aromatic heterocycles. The van der Waals surface area contributed by atoms with E-state index in [1.54, 1.807) is 12.1 Å². The van der Waals surface area contributed by atoms with Crippen molar-refractivity contribution in [1.29, 1.82) is 0 Å². The Kier molecular flexibility index (Phi) is 7.59. The summed E-state index contributed by atoms with van der Waals surface area (Å²) < 4.78 is 21.7. The van der Waals surface area contributed by atoms with Crippen LogP contribution in [0.2, 0.25) is 0 Å². The number of carbonyl (C=O) groups is 2. The predicted octanol–water partition coefficient (Wildman–Crippen LogP) is 3.40. The molecule has 1 fully saturated rings. The highest BCUT2D eigenvalue weighted by Gasteiger charge is 2.18. The third-order valence-corrected chi connectivity index (χ3v) is 5.08. The van der Waals surface area contributed by atoms with Gasteiger partial charge in [-0.25, -0.2) is 0 Å². The topological polar surface area (TPSA) is 95.1 Å². The maximum absolute atomic E-state index is 12.5. The van der Waals surface area contributed by atoms with Crippen LogP contribution in [0.15, 0.2) is 36.4 Å². The van der Waals surface area contributed by atoms with Crippen LogP contribution in [0.5, 0.6) is 23.0 Å². The molecule has 8 heteroatoms. The maximum Gasteiger partial charge on any atom is 0.251 e. The van der Waals surface area contributed by atoms with Crippen LogP contribution < -0.4 is 29.6 Å². The molecule has 166 valence electrons. The molecule has 0 bridgehead atoms. The number of nitrogens with one attached hydrogen (secondary N) is 2. The van der Waals surface area contributed by atoms with E-state index in [1.165, 1.54) is 46.3 Å².